The number of rotatable bonds is 6. The molecule has 0 saturated carbocycles. The summed E-state index contributed by atoms with van der Waals surface area (Å²) in [6, 6.07) is 3.52. The first-order valence-electron chi connectivity index (χ1n) is 9.81. The molecule has 3 heterocycles. The summed E-state index contributed by atoms with van der Waals surface area (Å²) in [5.41, 5.74) is 0.384. The van der Waals surface area contributed by atoms with Crippen LogP contribution in [0.5, 0.6) is 5.75 Å². The third kappa shape index (κ3) is 5.00. The molecule has 2 aliphatic heterocycles. The molecule has 2 aromatic rings. The first kappa shape index (κ1) is 20.0. The number of fused-ring (bicyclic) bond motifs is 1. The zero-order valence-corrected chi connectivity index (χ0v) is 17.3. The number of benzene rings is 1. The van der Waals surface area contributed by atoms with E-state index < -0.39 is 0 Å². The van der Waals surface area contributed by atoms with Crippen molar-refractivity contribution in [1.29, 1.82) is 0 Å². The van der Waals surface area contributed by atoms with Crippen molar-refractivity contribution in [3.05, 3.63) is 33.3 Å². The number of halogens is 1. The van der Waals surface area contributed by atoms with Crippen LogP contribution in [0.2, 0.25) is 5.02 Å². The second-order valence-corrected chi connectivity index (χ2v) is 9.00. The first-order valence-corrected chi connectivity index (χ1v) is 11.2. The minimum absolute atomic E-state index is 0.200. The van der Waals surface area contributed by atoms with Crippen molar-refractivity contribution in [3.63, 3.8) is 0 Å². The minimum atomic E-state index is -0.200. The van der Waals surface area contributed by atoms with Crippen LogP contribution in [0, 0.1) is 5.92 Å². The van der Waals surface area contributed by atoms with Crippen LogP contribution in [0.15, 0.2) is 16.9 Å². The standard InChI is InChI=1S/C20H25ClN2O4S/c21-16-9-14(27-11-13-1-5-25-6-2-13)10-17-19(16)20(24)23-18(22-17)12-28-15-3-7-26-8-4-15/h9-10,13,15H,1-8,11-12H2,(H,22,23,24). The smallest absolute Gasteiger partial charge is 0.260 e. The van der Waals surface area contributed by atoms with Crippen LogP contribution in [-0.4, -0.2) is 48.3 Å². The van der Waals surface area contributed by atoms with Gasteiger partial charge in [-0.05, 0) is 37.7 Å². The molecule has 8 heteroatoms. The van der Waals surface area contributed by atoms with Gasteiger partial charge in [-0.15, -0.1) is 0 Å². The van der Waals surface area contributed by atoms with Crippen LogP contribution in [-0.2, 0) is 15.2 Å². The Labute approximate surface area is 173 Å². The van der Waals surface area contributed by atoms with Gasteiger partial charge in [0, 0.05) is 37.7 Å². The van der Waals surface area contributed by atoms with Gasteiger partial charge in [0.15, 0.2) is 0 Å². The molecule has 2 saturated heterocycles. The quantitative estimate of drug-likeness (QED) is 0.760. The lowest BCUT2D eigenvalue weighted by molar-refractivity contribution is 0.0498. The number of nitrogens with zero attached hydrogens (tertiary/aromatic N) is 1. The molecule has 0 radical (unpaired) electrons. The molecule has 1 N–H and O–H groups in total. The van der Waals surface area contributed by atoms with E-state index in [0.29, 0.717) is 51.0 Å². The highest BCUT2D eigenvalue weighted by atomic mass is 35.5. The van der Waals surface area contributed by atoms with E-state index in [1.54, 1.807) is 6.07 Å². The maximum Gasteiger partial charge on any atom is 0.260 e. The monoisotopic (exact) mass is 424 g/mol. The summed E-state index contributed by atoms with van der Waals surface area (Å²) in [6.45, 7) is 3.82. The van der Waals surface area contributed by atoms with Crippen molar-refractivity contribution in [2.45, 2.75) is 36.7 Å². The van der Waals surface area contributed by atoms with Crippen LogP contribution in [0.4, 0.5) is 0 Å². The van der Waals surface area contributed by atoms with Gasteiger partial charge in [-0.2, -0.15) is 11.8 Å². The molecule has 0 atom stereocenters. The van der Waals surface area contributed by atoms with Gasteiger partial charge in [0.05, 0.1) is 28.3 Å². The maximum atomic E-state index is 12.5. The summed E-state index contributed by atoms with van der Waals surface area (Å²) in [4.78, 5) is 20.0. The predicted molar refractivity (Wildman–Crippen MR) is 112 cm³/mol. The second kappa shape index (κ2) is 9.48. The SMILES string of the molecule is O=c1[nH]c(CSC2CCOCC2)nc2cc(OCC3CCOCC3)cc(Cl)c12. The lowest BCUT2D eigenvalue weighted by atomic mass is 10.0. The fourth-order valence-corrected chi connectivity index (χ4v) is 4.91. The van der Waals surface area contributed by atoms with E-state index in [1.807, 2.05) is 17.8 Å². The summed E-state index contributed by atoms with van der Waals surface area (Å²) in [7, 11) is 0. The number of hydrogen-bond acceptors (Lipinski definition) is 6. The lowest BCUT2D eigenvalue weighted by Gasteiger charge is -2.22. The van der Waals surface area contributed by atoms with E-state index >= 15 is 0 Å². The van der Waals surface area contributed by atoms with Gasteiger partial charge in [0.2, 0.25) is 0 Å². The van der Waals surface area contributed by atoms with Crippen LogP contribution in [0.1, 0.15) is 31.5 Å². The molecule has 1 aromatic heterocycles. The number of aromatic amines is 1. The number of H-pyrrole nitrogens is 1. The highest BCUT2D eigenvalue weighted by molar-refractivity contribution is 7.99. The third-order valence-electron chi connectivity index (χ3n) is 5.23. The average Bonchev–Trinajstić information content (AvgIpc) is 2.72. The first-order chi connectivity index (χ1) is 13.7. The molecule has 2 aliphatic rings. The molecule has 2 fully saturated rings. The van der Waals surface area contributed by atoms with E-state index in [1.165, 1.54) is 0 Å². The van der Waals surface area contributed by atoms with Crippen molar-refractivity contribution in [2.75, 3.05) is 33.0 Å². The van der Waals surface area contributed by atoms with Gasteiger partial charge in [-0.1, -0.05) is 11.6 Å². The van der Waals surface area contributed by atoms with E-state index in [9.17, 15) is 4.79 Å². The molecule has 0 spiro atoms. The second-order valence-electron chi connectivity index (χ2n) is 7.30. The van der Waals surface area contributed by atoms with Crippen LogP contribution >= 0.6 is 23.4 Å². The molecule has 152 valence electrons. The van der Waals surface area contributed by atoms with E-state index in [-0.39, 0.29) is 5.56 Å². The van der Waals surface area contributed by atoms with Crippen LogP contribution in [0.25, 0.3) is 10.9 Å². The van der Waals surface area contributed by atoms with E-state index in [0.717, 1.165) is 52.1 Å². The highest BCUT2D eigenvalue weighted by Gasteiger charge is 2.17. The Hall–Kier alpha value is -1.28. The van der Waals surface area contributed by atoms with Gasteiger partial charge in [-0.3, -0.25) is 4.79 Å². The lowest BCUT2D eigenvalue weighted by Crippen LogP contribution is -2.21. The van der Waals surface area contributed by atoms with Gasteiger partial charge in [-0.25, -0.2) is 4.98 Å². The van der Waals surface area contributed by atoms with Gasteiger partial charge in [0.25, 0.3) is 5.56 Å². The summed E-state index contributed by atoms with van der Waals surface area (Å²) in [5.74, 6) is 2.49. The topological polar surface area (TPSA) is 73.4 Å². The summed E-state index contributed by atoms with van der Waals surface area (Å²) in [5, 5.41) is 1.34. The highest BCUT2D eigenvalue weighted by Crippen LogP contribution is 2.28. The largest absolute Gasteiger partial charge is 0.493 e. The Kier molecular flexibility index (Phi) is 6.77. The molecule has 1 aromatic carbocycles. The predicted octanol–water partition coefficient (Wildman–Crippen LogP) is 3.79. The Morgan fingerprint density at radius 3 is 2.61 bits per heavy atom. The molecule has 6 nitrogen and oxygen atoms in total. The Morgan fingerprint density at radius 2 is 1.86 bits per heavy atom. The fourth-order valence-electron chi connectivity index (χ4n) is 3.57. The van der Waals surface area contributed by atoms with Gasteiger partial charge < -0.3 is 19.2 Å². The third-order valence-corrected chi connectivity index (χ3v) is 6.91. The molecule has 0 amide bonds. The molecule has 28 heavy (non-hydrogen) atoms. The zero-order chi connectivity index (χ0) is 19.3. The number of aromatic nitrogens is 2. The van der Waals surface area contributed by atoms with Crippen molar-refractivity contribution >= 4 is 34.3 Å². The molecule has 4 rings (SSSR count). The summed E-state index contributed by atoms with van der Waals surface area (Å²) in [6.07, 6.45) is 4.09. The van der Waals surface area contributed by atoms with Crippen molar-refractivity contribution in [1.82, 2.24) is 9.97 Å². The minimum Gasteiger partial charge on any atom is -0.493 e. The van der Waals surface area contributed by atoms with E-state index in [2.05, 4.69) is 9.97 Å². The Bertz CT molecular complexity index is 858. The van der Waals surface area contributed by atoms with Gasteiger partial charge in [0.1, 0.15) is 11.6 Å². The van der Waals surface area contributed by atoms with Gasteiger partial charge >= 0.3 is 0 Å². The molecular formula is C20H25ClN2O4S. The Balaban J connectivity index is 1.48. The summed E-state index contributed by atoms with van der Waals surface area (Å²) >= 11 is 8.18. The fraction of sp³-hybridized carbons (Fsp3) is 0.600. The number of hydrogen-bond donors (Lipinski definition) is 1. The molecular weight excluding hydrogens is 400 g/mol. The summed E-state index contributed by atoms with van der Waals surface area (Å²) < 4.78 is 16.7. The Morgan fingerprint density at radius 1 is 1.14 bits per heavy atom. The zero-order valence-electron chi connectivity index (χ0n) is 15.7. The van der Waals surface area contributed by atoms with Crippen molar-refractivity contribution < 1.29 is 14.2 Å². The number of ether oxygens (including phenoxy) is 3. The van der Waals surface area contributed by atoms with Crippen molar-refractivity contribution in [2.24, 2.45) is 5.92 Å². The van der Waals surface area contributed by atoms with E-state index in [4.69, 9.17) is 25.8 Å². The van der Waals surface area contributed by atoms with Crippen LogP contribution < -0.4 is 10.3 Å². The molecule has 0 aliphatic carbocycles. The number of nitrogens with one attached hydrogen (secondary N) is 1. The van der Waals surface area contributed by atoms with Crippen molar-refractivity contribution in [3.8, 4) is 5.75 Å². The van der Waals surface area contributed by atoms with Crippen LogP contribution in [0.3, 0.4) is 0 Å². The molecule has 0 unspecified atom stereocenters. The number of thioether (sulfide) groups is 1. The maximum absolute atomic E-state index is 12.5. The average molecular weight is 425 g/mol. The molecule has 0 bridgehead atoms. The normalized spacial score (nSPS) is 19.2.